The van der Waals surface area contributed by atoms with E-state index < -0.39 is 29.0 Å². The van der Waals surface area contributed by atoms with Crippen LogP contribution in [0.4, 0.5) is 26.3 Å². The second-order valence-electron chi connectivity index (χ2n) is 16.6. The number of fused-ring (bicyclic) bond motifs is 6. The third-order valence-corrected chi connectivity index (χ3v) is 12.4. The third-order valence-electron chi connectivity index (χ3n) is 12.4. The van der Waals surface area contributed by atoms with Crippen molar-refractivity contribution in [2.75, 3.05) is 0 Å². The summed E-state index contributed by atoms with van der Waals surface area (Å²) in [4.78, 5) is 0. The minimum absolute atomic E-state index is 0.000746. The molecule has 0 bridgehead atoms. The molecule has 0 unspecified atom stereocenters. The van der Waals surface area contributed by atoms with Gasteiger partial charge in [-0.1, -0.05) is 114 Å². The Morgan fingerprint density at radius 1 is 0.438 bits per heavy atom. The number of alkyl halides is 6. The molecule has 64 heavy (non-hydrogen) atoms. The van der Waals surface area contributed by atoms with Crippen LogP contribution in [0.3, 0.4) is 0 Å². The van der Waals surface area contributed by atoms with Gasteiger partial charge in [-0.05, 0) is 115 Å². The molecule has 0 atom stereocenters. The van der Waals surface area contributed by atoms with E-state index in [0.717, 1.165) is 72.1 Å². The average molecular weight is 854 g/mol. The summed E-state index contributed by atoms with van der Waals surface area (Å²) >= 11 is 0. The van der Waals surface area contributed by atoms with E-state index in [-0.39, 0.29) is 28.6 Å². The second kappa shape index (κ2) is 14.8. The Bertz CT molecular complexity index is 3410. The highest BCUT2D eigenvalue weighted by Gasteiger charge is 2.40. The molecule has 0 aliphatic heterocycles. The van der Waals surface area contributed by atoms with Crippen molar-refractivity contribution in [3.8, 4) is 50.8 Å². The standard InChI is InChI=1S/C55H37F6N3/c1-31-13-18-39(33(3)23-31)36-15-20-43-41-9-5-7-11-47(41)63(49(43)27-36)51-25-35(30-62)26-52(53(51)45-22-17-38(54(56,57)58)29-46(45)55(59,60)61)64-48-12-8-6-10-42(48)44-21-16-37(28-50(44)64)40-19-14-32(2)24-34(40)4/h5-29H,1-4H3. The predicted molar refractivity (Wildman–Crippen MR) is 245 cm³/mol. The summed E-state index contributed by atoms with van der Waals surface area (Å²) in [6, 6.07) is 46.4. The van der Waals surface area contributed by atoms with Gasteiger partial charge in [0.2, 0.25) is 0 Å². The average Bonchev–Trinajstić information content (AvgIpc) is 3.77. The molecule has 0 N–H and O–H groups in total. The zero-order chi connectivity index (χ0) is 44.8. The van der Waals surface area contributed by atoms with Crippen LogP contribution < -0.4 is 0 Å². The molecule has 9 heteroatoms. The van der Waals surface area contributed by atoms with Gasteiger partial charge in [0.1, 0.15) is 0 Å². The van der Waals surface area contributed by atoms with Gasteiger partial charge in [0, 0.05) is 27.1 Å². The maximum absolute atomic E-state index is 15.6. The van der Waals surface area contributed by atoms with Gasteiger partial charge in [0.05, 0.1) is 56.2 Å². The monoisotopic (exact) mass is 853 g/mol. The molecule has 2 heterocycles. The zero-order valence-electron chi connectivity index (χ0n) is 35.0. The zero-order valence-corrected chi connectivity index (χ0v) is 35.0. The van der Waals surface area contributed by atoms with Crippen LogP contribution in [0.1, 0.15) is 38.9 Å². The van der Waals surface area contributed by atoms with E-state index in [1.54, 1.807) is 12.1 Å². The number of nitrogens with zero attached hydrogens (tertiary/aromatic N) is 3. The lowest BCUT2D eigenvalue weighted by Crippen LogP contribution is -2.14. The van der Waals surface area contributed by atoms with Gasteiger partial charge < -0.3 is 9.13 Å². The van der Waals surface area contributed by atoms with Crippen molar-refractivity contribution in [1.29, 1.82) is 5.26 Å². The normalized spacial score (nSPS) is 12.2. The number of aryl methyl sites for hydroxylation is 4. The number of rotatable bonds is 5. The fourth-order valence-electron chi connectivity index (χ4n) is 9.55. The maximum atomic E-state index is 15.6. The lowest BCUT2D eigenvalue weighted by atomic mass is 9.92. The summed E-state index contributed by atoms with van der Waals surface area (Å²) in [6.45, 7) is 8.06. The number of hydrogen-bond donors (Lipinski definition) is 0. The van der Waals surface area contributed by atoms with Crippen molar-refractivity contribution in [3.05, 3.63) is 191 Å². The summed E-state index contributed by atoms with van der Waals surface area (Å²) < 4.78 is 93.5. The summed E-state index contributed by atoms with van der Waals surface area (Å²) in [5.74, 6) is 0. The summed E-state index contributed by atoms with van der Waals surface area (Å²) in [7, 11) is 0. The van der Waals surface area contributed by atoms with Gasteiger partial charge in [-0.2, -0.15) is 31.6 Å². The molecule has 0 aliphatic rings. The van der Waals surface area contributed by atoms with Crippen molar-refractivity contribution in [2.45, 2.75) is 40.0 Å². The second-order valence-corrected chi connectivity index (χ2v) is 16.6. The lowest BCUT2D eigenvalue weighted by Gasteiger charge is -2.24. The van der Waals surface area contributed by atoms with Crippen LogP contribution in [0.25, 0.3) is 88.4 Å². The van der Waals surface area contributed by atoms with Gasteiger partial charge in [-0.25, -0.2) is 0 Å². The van der Waals surface area contributed by atoms with E-state index in [2.05, 4.69) is 18.2 Å². The Kier molecular flexibility index (Phi) is 9.35. The minimum Gasteiger partial charge on any atom is -0.308 e. The number of aromatic nitrogens is 2. The molecule has 0 saturated heterocycles. The van der Waals surface area contributed by atoms with Crippen LogP contribution in [-0.2, 0) is 12.4 Å². The Morgan fingerprint density at radius 2 is 0.891 bits per heavy atom. The van der Waals surface area contributed by atoms with Crippen molar-refractivity contribution >= 4 is 43.6 Å². The van der Waals surface area contributed by atoms with Gasteiger partial charge in [0.15, 0.2) is 0 Å². The molecule has 8 aromatic carbocycles. The predicted octanol–water partition coefficient (Wildman–Crippen LogP) is 16.0. The first-order valence-electron chi connectivity index (χ1n) is 20.7. The Hall–Kier alpha value is -7.57. The molecule has 2 aromatic heterocycles. The molecular weight excluding hydrogens is 817 g/mol. The number of halogens is 6. The molecule has 10 rings (SSSR count). The molecule has 0 amide bonds. The summed E-state index contributed by atoms with van der Waals surface area (Å²) in [5, 5.41) is 14.0. The van der Waals surface area contributed by atoms with E-state index in [1.165, 1.54) is 0 Å². The number of para-hydroxylation sites is 2. The van der Waals surface area contributed by atoms with Crippen molar-refractivity contribution in [3.63, 3.8) is 0 Å². The number of nitriles is 1. The fraction of sp³-hybridized carbons (Fsp3) is 0.109. The molecule has 0 aliphatic carbocycles. The number of hydrogen-bond acceptors (Lipinski definition) is 1. The maximum Gasteiger partial charge on any atom is 0.417 e. The Balaban J connectivity index is 1.40. The van der Waals surface area contributed by atoms with Crippen LogP contribution in [0.15, 0.2) is 152 Å². The van der Waals surface area contributed by atoms with E-state index >= 15 is 13.2 Å². The van der Waals surface area contributed by atoms with Crippen molar-refractivity contribution in [2.24, 2.45) is 0 Å². The number of benzene rings is 8. The Morgan fingerprint density at radius 3 is 1.33 bits per heavy atom. The molecule has 0 radical (unpaired) electrons. The SMILES string of the molecule is Cc1ccc(-c2ccc3c4ccccc4n(-c4cc(C#N)cc(-n5c6ccccc6c6ccc(-c7ccc(C)cc7C)cc65)c4-c4ccc(C(F)(F)F)cc4C(F)(F)F)c3c2)c(C)c1. The molecule has 0 saturated carbocycles. The smallest absolute Gasteiger partial charge is 0.308 e. The lowest BCUT2D eigenvalue weighted by molar-refractivity contribution is -0.142. The fourth-order valence-corrected chi connectivity index (χ4v) is 9.55. The van der Waals surface area contributed by atoms with Gasteiger partial charge >= 0.3 is 12.4 Å². The van der Waals surface area contributed by atoms with Crippen molar-refractivity contribution < 1.29 is 26.3 Å². The van der Waals surface area contributed by atoms with E-state index in [0.29, 0.717) is 28.1 Å². The summed E-state index contributed by atoms with van der Waals surface area (Å²) in [5.41, 5.74) is 7.61. The molecule has 10 aromatic rings. The Labute approximate surface area is 364 Å². The van der Waals surface area contributed by atoms with E-state index in [9.17, 15) is 18.4 Å². The van der Waals surface area contributed by atoms with Crippen LogP contribution >= 0.6 is 0 Å². The van der Waals surface area contributed by atoms with Gasteiger partial charge in [-0.15, -0.1) is 0 Å². The van der Waals surface area contributed by atoms with E-state index in [1.807, 2.05) is 146 Å². The molecular formula is C55H37F6N3. The largest absolute Gasteiger partial charge is 0.417 e. The molecule has 314 valence electrons. The highest BCUT2D eigenvalue weighted by molar-refractivity contribution is 6.13. The third kappa shape index (κ3) is 6.60. The molecule has 3 nitrogen and oxygen atoms in total. The van der Waals surface area contributed by atoms with E-state index in [4.69, 9.17) is 0 Å². The quantitative estimate of drug-likeness (QED) is 0.159. The highest BCUT2D eigenvalue weighted by atomic mass is 19.4. The van der Waals surface area contributed by atoms with Crippen LogP contribution in [-0.4, -0.2) is 9.13 Å². The first-order valence-corrected chi connectivity index (χ1v) is 20.7. The van der Waals surface area contributed by atoms with Gasteiger partial charge in [0.25, 0.3) is 0 Å². The first-order chi connectivity index (χ1) is 30.6. The molecule has 0 spiro atoms. The topological polar surface area (TPSA) is 33.6 Å². The minimum atomic E-state index is -5.22. The van der Waals surface area contributed by atoms with Crippen molar-refractivity contribution in [1.82, 2.24) is 9.13 Å². The van der Waals surface area contributed by atoms with Gasteiger partial charge in [-0.3, -0.25) is 0 Å². The summed E-state index contributed by atoms with van der Waals surface area (Å²) in [6.07, 6.45) is -10.3. The highest BCUT2D eigenvalue weighted by Crippen LogP contribution is 2.48. The van der Waals surface area contributed by atoms with Crippen LogP contribution in [0.2, 0.25) is 0 Å². The van der Waals surface area contributed by atoms with Crippen LogP contribution in [0.5, 0.6) is 0 Å². The molecule has 0 fully saturated rings. The van der Waals surface area contributed by atoms with Crippen LogP contribution in [0, 0.1) is 39.0 Å². The first kappa shape index (κ1) is 40.5.